The van der Waals surface area contributed by atoms with Gasteiger partial charge in [0.2, 0.25) is 5.91 Å². The molecule has 1 saturated carbocycles. The number of primary amides is 1. The lowest BCUT2D eigenvalue weighted by atomic mass is 9.91. The van der Waals surface area contributed by atoms with Gasteiger partial charge >= 0.3 is 0 Å². The number of hydrogen-bond donors (Lipinski definition) is 2. The van der Waals surface area contributed by atoms with Crippen LogP contribution in [-0.4, -0.2) is 11.9 Å². The van der Waals surface area contributed by atoms with Gasteiger partial charge in [-0.2, -0.15) is 0 Å². The van der Waals surface area contributed by atoms with Crippen LogP contribution in [0.4, 0.5) is 4.39 Å². The summed E-state index contributed by atoms with van der Waals surface area (Å²) in [5, 5.41) is 3.21. The number of amides is 1. The molecular weight excluding hydrogens is 287 g/mol. The molecule has 1 atom stereocenters. The van der Waals surface area contributed by atoms with Crippen LogP contribution in [0, 0.1) is 5.82 Å². The quantitative estimate of drug-likeness (QED) is 0.894. The molecule has 0 bridgehead atoms. The smallest absolute Gasteiger partial charge is 0.242 e. The van der Waals surface area contributed by atoms with Crippen LogP contribution in [0.2, 0.25) is 0 Å². The minimum absolute atomic E-state index is 0.330. The number of benzene rings is 1. The molecule has 0 aliphatic heterocycles. The molecule has 92 valence electrons. The summed E-state index contributed by atoms with van der Waals surface area (Å²) < 4.78 is 13.5. The van der Waals surface area contributed by atoms with Gasteiger partial charge < -0.3 is 5.73 Å². The van der Waals surface area contributed by atoms with E-state index in [-0.39, 0.29) is 5.82 Å². The lowest BCUT2D eigenvalue weighted by molar-refractivity contribution is -0.124. The van der Waals surface area contributed by atoms with Gasteiger partial charge in [0.25, 0.3) is 0 Å². The normalized spacial score (nSPS) is 18.8. The molecule has 0 aromatic heterocycles. The highest BCUT2D eigenvalue weighted by Crippen LogP contribution is 2.30. The van der Waals surface area contributed by atoms with Crippen LogP contribution in [0.5, 0.6) is 0 Å². The van der Waals surface area contributed by atoms with E-state index < -0.39 is 11.4 Å². The monoisotopic (exact) mass is 300 g/mol. The first-order valence-corrected chi connectivity index (χ1v) is 6.26. The lowest BCUT2D eigenvalue weighted by Gasteiger charge is -2.28. The zero-order chi connectivity index (χ0) is 12.6. The van der Waals surface area contributed by atoms with Crippen molar-refractivity contribution in [1.29, 1.82) is 0 Å². The summed E-state index contributed by atoms with van der Waals surface area (Å²) in [6.45, 7) is 1.73. The summed E-state index contributed by atoms with van der Waals surface area (Å²) in [5.41, 5.74) is 5.18. The van der Waals surface area contributed by atoms with Gasteiger partial charge in [0.05, 0.1) is 4.47 Å². The molecule has 1 unspecified atom stereocenters. The summed E-state index contributed by atoms with van der Waals surface area (Å²) in [6.07, 6.45) is 2.09. The predicted octanol–water partition coefficient (Wildman–Crippen LogP) is 2.04. The first-order chi connectivity index (χ1) is 7.93. The van der Waals surface area contributed by atoms with E-state index in [4.69, 9.17) is 5.73 Å². The van der Waals surface area contributed by atoms with Crippen molar-refractivity contribution in [1.82, 2.24) is 5.32 Å². The molecule has 2 rings (SSSR count). The van der Waals surface area contributed by atoms with Crippen molar-refractivity contribution < 1.29 is 9.18 Å². The Labute approximate surface area is 108 Å². The summed E-state index contributed by atoms with van der Waals surface area (Å²) in [4.78, 5) is 11.6. The first-order valence-electron chi connectivity index (χ1n) is 5.46. The van der Waals surface area contributed by atoms with Gasteiger partial charge in [-0.1, -0.05) is 6.07 Å². The maximum Gasteiger partial charge on any atom is 0.242 e. The van der Waals surface area contributed by atoms with Crippen LogP contribution in [-0.2, 0) is 10.3 Å². The van der Waals surface area contributed by atoms with E-state index in [1.54, 1.807) is 19.1 Å². The third-order valence-corrected chi connectivity index (χ3v) is 3.67. The van der Waals surface area contributed by atoms with Crippen molar-refractivity contribution in [2.45, 2.75) is 31.3 Å². The molecule has 1 aliphatic carbocycles. The van der Waals surface area contributed by atoms with Gasteiger partial charge in [-0.3, -0.25) is 10.1 Å². The molecular formula is C12H14BrFN2O. The van der Waals surface area contributed by atoms with Crippen molar-refractivity contribution in [3.63, 3.8) is 0 Å². The first kappa shape index (κ1) is 12.5. The SMILES string of the molecule is CC(NC1CC1)(C(N)=O)c1ccc(F)c(Br)c1. The van der Waals surface area contributed by atoms with E-state index in [1.165, 1.54) is 6.07 Å². The van der Waals surface area contributed by atoms with E-state index in [2.05, 4.69) is 21.2 Å². The Hall–Kier alpha value is -0.940. The molecule has 5 heteroatoms. The molecule has 3 N–H and O–H groups in total. The summed E-state index contributed by atoms with van der Waals surface area (Å²) in [7, 11) is 0. The van der Waals surface area contributed by atoms with Gasteiger partial charge in [0.15, 0.2) is 0 Å². The highest BCUT2D eigenvalue weighted by atomic mass is 79.9. The number of carbonyl (C=O) groups is 1. The second-order valence-electron chi connectivity index (χ2n) is 4.54. The maximum absolute atomic E-state index is 13.2. The molecule has 1 aromatic rings. The molecule has 1 aliphatic rings. The van der Waals surface area contributed by atoms with Gasteiger partial charge in [0.1, 0.15) is 11.4 Å². The summed E-state index contributed by atoms with van der Waals surface area (Å²) in [5.74, 6) is -0.810. The average Bonchev–Trinajstić information content (AvgIpc) is 3.05. The average molecular weight is 301 g/mol. The lowest BCUT2D eigenvalue weighted by Crippen LogP contribution is -2.51. The van der Waals surface area contributed by atoms with E-state index in [1.807, 2.05) is 0 Å². The van der Waals surface area contributed by atoms with Gasteiger partial charge in [-0.15, -0.1) is 0 Å². The fourth-order valence-corrected chi connectivity index (χ4v) is 2.12. The van der Waals surface area contributed by atoms with E-state index in [0.717, 1.165) is 12.8 Å². The van der Waals surface area contributed by atoms with Crippen molar-refractivity contribution in [3.05, 3.63) is 34.1 Å². The van der Waals surface area contributed by atoms with E-state index >= 15 is 0 Å². The molecule has 0 heterocycles. The highest BCUT2D eigenvalue weighted by Gasteiger charge is 2.38. The van der Waals surface area contributed by atoms with Gasteiger partial charge in [0, 0.05) is 6.04 Å². The molecule has 0 radical (unpaired) electrons. The summed E-state index contributed by atoms with van der Waals surface area (Å²) in [6, 6.07) is 4.83. The molecule has 3 nitrogen and oxygen atoms in total. The topological polar surface area (TPSA) is 55.1 Å². The van der Waals surface area contributed by atoms with Crippen molar-refractivity contribution in [2.75, 3.05) is 0 Å². The third-order valence-electron chi connectivity index (χ3n) is 3.06. The number of nitrogens with one attached hydrogen (secondary N) is 1. The van der Waals surface area contributed by atoms with Crippen LogP contribution in [0.1, 0.15) is 25.3 Å². The zero-order valence-electron chi connectivity index (χ0n) is 9.47. The second-order valence-corrected chi connectivity index (χ2v) is 5.39. The van der Waals surface area contributed by atoms with Crippen molar-refractivity contribution >= 4 is 21.8 Å². The Morgan fingerprint density at radius 2 is 2.24 bits per heavy atom. The van der Waals surface area contributed by atoms with E-state index in [9.17, 15) is 9.18 Å². The molecule has 0 saturated heterocycles. The third kappa shape index (κ3) is 2.50. The minimum Gasteiger partial charge on any atom is -0.368 e. The molecule has 17 heavy (non-hydrogen) atoms. The fourth-order valence-electron chi connectivity index (χ4n) is 1.74. The summed E-state index contributed by atoms with van der Waals surface area (Å²) >= 11 is 3.11. The number of hydrogen-bond acceptors (Lipinski definition) is 2. The fraction of sp³-hybridized carbons (Fsp3) is 0.417. The molecule has 1 fully saturated rings. The van der Waals surface area contributed by atoms with Crippen molar-refractivity contribution in [2.24, 2.45) is 5.73 Å². The Balaban J connectivity index is 2.36. The minimum atomic E-state index is -0.947. The predicted molar refractivity (Wildman–Crippen MR) is 66.8 cm³/mol. The largest absolute Gasteiger partial charge is 0.368 e. The molecule has 1 amide bonds. The van der Waals surface area contributed by atoms with Crippen LogP contribution in [0.3, 0.4) is 0 Å². The number of rotatable bonds is 4. The van der Waals surface area contributed by atoms with E-state index in [0.29, 0.717) is 16.1 Å². The van der Waals surface area contributed by atoms with Gasteiger partial charge in [-0.25, -0.2) is 4.39 Å². The van der Waals surface area contributed by atoms with Crippen LogP contribution in [0.15, 0.2) is 22.7 Å². The van der Waals surface area contributed by atoms with Gasteiger partial charge in [-0.05, 0) is 53.4 Å². The van der Waals surface area contributed by atoms with Crippen LogP contribution in [0.25, 0.3) is 0 Å². The Morgan fingerprint density at radius 1 is 1.59 bits per heavy atom. The number of halogens is 2. The molecule has 0 spiro atoms. The highest BCUT2D eigenvalue weighted by molar-refractivity contribution is 9.10. The molecule has 1 aromatic carbocycles. The van der Waals surface area contributed by atoms with Crippen LogP contribution >= 0.6 is 15.9 Å². The Kier molecular flexibility index (Phi) is 3.23. The van der Waals surface area contributed by atoms with Crippen molar-refractivity contribution in [3.8, 4) is 0 Å². The second kappa shape index (κ2) is 4.38. The number of carbonyl (C=O) groups excluding carboxylic acids is 1. The Morgan fingerprint density at radius 3 is 2.71 bits per heavy atom. The maximum atomic E-state index is 13.2. The van der Waals surface area contributed by atoms with Crippen LogP contribution < -0.4 is 11.1 Å². The standard InChI is InChI=1S/C12H14BrFN2O/c1-12(11(15)17,16-8-3-4-8)7-2-5-10(14)9(13)6-7/h2,5-6,8,16H,3-4H2,1H3,(H2,15,17). The Bertz CT molecular complexity index is 462. The number of nitrogens with two attached hydrogens (primary N) is 1. The zero-order valence-corrected chi connectivity index (χ0v) is 11.1.